The normalized spacial score (nSPS) is 11.2. The van der Waals surface area contributed by atoms with Crippen LogP contribution in [0.3, 0.4) is 0 Å². The molecule has 0 atom stereocenters. The van der Waals surface area contributed by atoms with E-state index in [-0.39, 0.29) is 11.4 Å². The Labute approximate surface area is 118 Å². The molecule has 1 aromatic carbocycles. The number of carbonyl (C=O) groups excluding carboxylic acids is 1. The number of phenolic OH excluding ortho intramolecular Hbond substituents is 1. The quantitative estimate of drug-likeness (QED) is 0.926. The number of halogens is 3. The minimum Gasteiger partial charge on any atom is -0.508 e. The number of hydrogen-bond donors (Lipinski definition) is 1. The molecule has 4 nitrogen and oxygen atoms in total. The van der Waals surface area contributed by atoms with Gasteiger partial charge in [0.1, 0.15) is 11.4 Å². The second-order valence-electron chi connectivity index (χ2n) is 4.31. The molecule has 0 aliphatic heterocycles. The average Bonchev–Trinajstić information content (AvgIpc) is 2.46. The van der Waals surface area contributed by atoms with E-state index >= 15 is 0 Å². The smallest absolute Gasteiger partial charge is 0.417 e. The lowest BCUT2D eigenvalue weighted by atomic mass is 10.2. The highest BCUT2D eigenvalue weighted by Gasteiger charge is 2.31. The minimum absolute atomic E-state index is 0.0484. The number of phenols is 1. The van der Waals surface area contributed by atoms with Gasteiger partial charge in [-0.3, -0.25) is 9.78 Å². The Kier molecular flexibility index (Phi) is 3.84. The number of aromatic hydroxyl groups is 1. The molecule has 0 fully saturated rings. The number of nitrogens with zero attached hydrogens (tertiary/aromatic N) is 2. The summed E-state index contributed by atoms with van der Waals surface area (Å²) in [6.07, 6.45) is -3.87. The van der Waals surface area contributed by atoms with Crippen molar-refractivity contribution >= 4 is 11.6 Å². The predicted octanol–water partition coefficient (Wildman–Crippen LogP) is 3.08. The summed E-state index contributed by atoms with van der Waals surface area (Å²) < 4.78 is 37.3. The molecular weight excluding hydrogens is 285 g/mol. The van der Waals surface area contributed by atoms with Gasteiger partial charge in [-0.05, 0) is 36.4 Å². The van der Waals surface area contributed by atoms with Crippen LogP contribution in [0.5, 0.6) is 5.75 Å². The fourth-order valence-electron chi connectivity index (χ4n) is 1.65. The van der Waals surface area contributed by atoms with Crippen LogP contribution in [0, 0.1) is 0 Å². The van der Waals surface area contributed by atoms with Gasteiger partial charge in [-0.1, -0.05) is 0 Å². The number of aromatic nitrogens is 1. The summed E-state index contributed by atoms with van der Waals surface area (Å²) >= 11 is 0. The molecular formula is C14H11F3N2O2. The van der Waals surface area contributed by atoms with Gasteiger partial charge in [0.25, 0.3) is 5.91 Å². The van der Waals surface area contributed by atoms with Crippen LogP contribution < -0.4 is 4.90 Å². The Morgan fingerprint density at radius 3 is 2.24 bits per heavy atom. The first kappa shape index (κ1) is 14.8. The highest BCUT2D eigenvalue weighted by molar-refractivity contribution is 6.04. The fourth-order valence-corrected chi connectivity index (χ4v) is 1.65. The summed E-state index contributed by atoms with van der Waals surface area (Å²) in [5.74, 6) is -0.498. The largest absolute Gasteiger partial charge is 0.508 e. The fraction of sp³-hybridized carbons (Fsp3) is 0.143. The summed E-state index contributed by atoms with van der Waals surface area (Å²) in [4.78, 5) is 16.9. The van der Waals surface area contributed by atoms with Gasteiger partial charge in [-0.25, -0.2) is 0 Å². The highest BCUT2D eigenvalue weighted by Crippen LogP contribution is 2.28. The van der Waals surface area contributed by atoms with Crippen LogP contribution in [-0.2, 0) is 6.18 Å². The molecule has 0 unspecified atom stereocenters. The standard InChI is InChI=1S/C14H11F3N2O2/c1-19(10-3-5-11(20)6-4-10)13(21)12-7-2-9(8-18-12)14(15,16)17/h2-8,20H,1H3. The molecule has 1 N–H and O–H groups in total. The van der Waals surface area contributed by atoms with E-state index < -0.39 is 17.6 Å². The van der Waals surface area contributed by atoms with Crippen molar-refractivity contribution in [2.45, 2.75) is 6.18 Å². The lowest BCUT2D eigenvalue weighted by molar-refractivity contribution is -0.137. The zero-order valence-electron chi connectivity index (χ0n) is 10.9. The third kappa shape index (κ3) is 3.31. The van der Waals surface area contributed by atoms with Crippen LogP contribution in [0.4, 0.5) is 18.9 Å². The van der Waals surface area contributed by atoms with Gasteiger partial charge in [-0.15, -0.1) is 0 Å². The third-order valence-electron chi connectivity index (χ3n) is 2.85. The number of benzene rings is 1. The van der Waals surface area contributed by atoms with Crippen molar-refractivity contribution in [2.75, 3.05) is 11.9 Å². The van der Waals surface area contributed by atoms with Crippen molar-refractivity contribution in [3.8, 4) is 5.75 Å². The average molecular weight is 296 g/mol. The summed E-state index contributed by atoms with van der Waals surface area (Å²) in [6.45, 7) is 0. The van der Waals surface area contributed by atoms with E-state index in [0.717, 1.165) is 12.1 Å². The van der Waals surface area contributed by atoms with Crippen molar-refractivity contribution < 1.29 is 23.1 Å². The SMILES string of the molecule is CN(C(=O)c1ccc(C(F)(F)F)cn1)c1ccc(O)cc1. The molecule has 2 aromatic rings. The van der Waals surface area contributed by atoms with Gasteiger partial charge in [0.15, 0.2) is 0 Å². The molecule has 1 amide bonds. The maximum Gasteiger partial charge on any atom is 0.417 e. The van der Waals surface area contributed by atoms with Crippen molar-refractivity contribution in [3.63, 3.8) is 0 Å². The molecule has 21 heavy (non-hydrogen) atoms. The first-order valence-corrected chi connectivity index (χ1v) is 5.89. The summed E-state index contributed by atoms with van der Waals surface area (Å²) in [6, 6.07) is 7.67. The van der Waals surface area contributed by atoms with E-state index in [1.165, 1.54) is 36.2 Å². The van der Waals surface area contributed by atoms with Crippen molar-refractivity contribution in [3.05, 3.63) is 53.9 Å². The molecule has 2 rings (SSSR count). The van der Waals surface area contributed by atoms with Crippen molar-refractivity contribution in [1.82, 2.24) is 4.98 Å². The number of hydrogen-bond acceptors (Lipinski definition) is 3. The Hall–Kier alpha value is -2.57. The van der Waals surface area contributed by atoms with Gasteiger partial charge in [0.05, 0.1) is 5.56 Å². The van der Waals surface area contributed by atoms with Crippen LogP contribution in [0.2, 0.25) is 0 Å². The van der Waals surface area contributed by atoms with Crippen LogP contribution in [0.1, 0.15) is 16.1 Å². The number of rotatable bonds is 2. The maximum absolute atomic E-state index is 12.4. The third-order valence-corrected chi connectivity index (χ3v) is 2.85. The number of anilines is 1. The van der Waals surface area contributed by atoms with Crippen molar-refractivity contribution in [1.29, 1.82) is 0 Å². The molecule has 7 heteroatoms. The minimum atomic E-state index is -4.49. The van der Waals surface area contributed by atoms with Crippen LogP contribution >= 0.6 is 0 Å². The zero-order valence-corrected chi connectivity index (χ0v) is 10.9. The lowest BCUT2D eigenvalue weighted by Gasteiger charge is -2.17. The van der Waals surface area contributed by atoms with Gasteiger partial charge in [0.2, 0.25) is 0 Å². The molecule has 0 radical (unpaired) electrons. The first-order valence-electron chi connectivity index (χ1n) is 5.89. The zero-order chi connectivity index (χ0) is 15.6. The molecule has 0 saturated heterocycles. The topological polar surface area (TPSA) is 53.4 Å². The van der Waals surface area contributed by atoms with E-state index in [1.807, 2.05) is 0 Å². The number of pyridine rings is 1. The molecule has 1 heterocycles. The molecule has 0 spiro atoms. The van der Waals surface area contributed by atoms with E-state index in [1.54, 1.807) is 0 Å². The maximum atomic E-state index is 12.4. The predicted molar refractivity (Wildman–Crippen MR) is 70.1 cm³/mol. The second kappa shape index (κ2) is 5.43. The Morgan fingerprint density at radius 2 is 1.76 bits per heavy atom. The molecule has 1 aromatic heterocycles. The highest BCUT2D eigenvalue weighted by atomic mass is 19.4. The number of amides is 1. The Bertz CT molecular complexity index is 637. The van der Waals surface area contributed by atoms with Gasteiger partial charge >= 0.3 is 6.18 Å². The first-order chi connectivity index (χ1) is 9.79. The molecule has 0 bridgehead atoms. The molecule has 110 valence electrons. The van der Waals surface area contributed by atoms with Gasteiger partial charge in [-0.2, -0.15) is 13.2 Å². The van der Waals surface area contributed by atoms with E-state index in [0.29, 0.717) is 11.9 Å². The molecule has 0 aliphatic carbocycles. The number of carbonyl (C=O) groups is 1. The second-order valence-corrected chi connectivity index (χ2v) is 4.31. The van der Waals surface area contributed by atoms with E-state index in [2.05, 4.69) is 4.98 Å². The van der Waals surface area contributed by atoms with E-state index in [4.69, 9.17) is 0 Å². The van der Waals surface area contributed by atoms with E-state index in [9.17, 15) is 23.1 Å². The van der Waals surface area contributed by atoms with Crippen LogP contribution in [0.25, 0.3) is 0 Å². The summed E-state index contributed by atoms with van der Waals surface area (Å²) in [5, 5.41) is 9.18. The molecule has 0 aliphatic rings. The molecule has 0 saturated carbocycles. The number of alkyl halides is 3. The van der Waals surface area contributed by atoms with Crippen LogP contribution in [-0.4, -0.2) is 23.0 Å². The Balaban J connectivity index is 2.21. The van der Waals surface area contributed by atoms with Crippen molar-refractivity contribution in [2.24, 2.45) is 0 Å². The lowest BCUT2D eigenvalue weighted by Crippen LogP contribution is -2.27. The van der Waals surface area contributed by atoms with Gasteiger partial charge in [0, 0.05) is 18.9 Å². The monoisotopic (exact) mass is 296 g/mol. The summed E-state index contributed by atoms with van der Waals surface area (Å²) in [5.41, 5.74) is -0.524. The van der Waals surface area contributed by atoms with Gasteiger partial charge < -0.3 is 10.0 Å². The summed E-state index contributed by atoms with van der Waals surface area (Å²) in [7, 11) is 1.47. The van der Waals surface area contributed by atoms with Crippen LogP contribution in [0.15, 0.2) is 42.6 Å². The Morgan fingerprint density at radius 1 is 1.14 bits per heavy atom.